The zero-order chi connectivity index (χ0) is 21.8. The molecule has 1 aromatic heterocycles. The van der Waals surface area contributed by atoms with Crippen LogP contribution < -0.4 is 10.1 Å². The smallest absolute Gasteiger partial charge is 0.271 e. The zero-order valence-corrected chi connectivity index (χ0v) is 16.9. The Labute approximate surface area is 179 Å². The second kappa shape index (κ2) is 8.71. The molecule has 4 rings (SSSR count). The van der Waals surface area contributed by atoms with Crippen LogP contribution in [-0.4, -0.2) is 15.4 Å². The van der Waals surface area contributed by atoms with Crippen molar-refractivity contribution in [3.05, 3.63) is 100 Å². The number of non-ortho nitro benzene ring substituents is 1. The molecule has 0 fully saturated rings. The highest BCUT2D eigenvalue weighted by Crippen LogP contribution is 2.28. The van der Waals surface area contributed by atoms with E-state index in [-0.39, 0.29) is 18.1 Å². The van der Waals surface area contributed by atoms with E-state index in [1.165, 1.54) is 12.1 Å². The number of carbonyl (C=O) groups is 1. The summed E-state index contributed by atoms with van der Waals surface area (Å²) in [6.45, 7) is 2.33. The van der Waals surface area contributed by atoms with E-state index >= 15 is 0 Å². The number of nitrogens with zero attached hydrogens (tertiary/aromatic N) is 2. The largest absolute Gasteiger partial charge is 0.488 e. The standard InChI is InChI=1S/C24H21N3O4/c1-17-10-11-19(27(29)30)14-21(17)25-24(28)15-26-13-12-20-22(26)8-5-9-23(20)31-16-18-6-3-2-4-7-18/h2-14H,15-16H2,1H3,(H,25,28). The predicted octanol–water partition coefficient (Wildman–Crippen LogP) is 5.08. The molecule has 0 radical (unpaired) electrons. The molecule has 0 unspecified atom stereocenters. The van der Waals surface area contributed by atoms with E-state index in [1.54, 1.807) is 13.0 Å². The summed E-state index contributed by atoms with van der Waals surface area (Å²) in [5.41, 5.74) is 3.07. The minimum Gasteiger partial charge on any atom is -0.488 e. The summed E-state index contributed by atoms with van der Waals surface area (Å²) < 4.78 is 7.82. The number of carbonyl (C=O) groups excluding carboxylic acids is 1. The van der Waals surface area contributed by atoms with Crippen LogP contribution in [-0.2, 0) is 17.9 Å². The quantitative estimate of drug-likeness (QED) is 0.337. The third kappa shape index (κ3) is 4.56. The number of aromatic nitrogens is 1. The highest BCUT2D eigenvalue weighted by atomic mass is 16.6. The van der Waals surface area contributed by atoms with Gasteiger partial charge in [-0.1, -0.05) is 42.5 Å². The number of rotatable bonds is 7. The second-order valence-corrected chi connectivity index (χ2v) is 7.21. The van der Waals surface area contributed by atoms with E-state index < -0.39 is 4.92 Å². The van der Waals surface area contributed by atoms with E-state index in [4.69, 9.17) is 4.74 Å². The Hall–Kier alpha value is -4.13. The van der Waals surface area contributed by atoms with Crippen molar-refractivity contribution in [3.8, 4) is 5.75 Å². The maximum Gasteiger partial charge on any atom is 0.271 e. The lowest BCUT2D eigenvalue weighted by molar-refractivity contribution is -0.384. The summed E-state index contributed by atoms with van der Waals surface area (Å²) in [7, 11) is 0. The molecule has 1 heterocycles. The van der Waals surface area contributed by atoms with Gasteiger partial charge in [-0.25, -0.2) is 0 Å². The molecular weight excluding hydrogens is 394 g/mol. The van der Waals surface area contributed by atoms with Gasteiger partial charge in [0.1, 0.15) is 18.9 Å². The van der Waals surface area contributed by atoms with Crippen LogP contribution in [0, 0.1) is 17.0 Å². The number of amides is 1. The molecule has 0 saturated carbocycles. The lowest BCUT2D eigenvalue weighted by Crippen LogP contribution is -2.18. The number of benzene rings is 3. The van der Waals surface area contributed by atoms with Gasteiger partial charge in [-0.3, -0.25) is 14.9 Å². The Kier molecular flexibility index (Phi) is 5.66. The average Bonchev–Trinajstić information content (AvgIpc) is 3.17. The van der Waals surface area contributed by atoms with Crippen LogP contribution in [0.5, 0.6) is 5.75 Å². The summed E-state index contributed by atoms with van der Waals surface area (Å²) >= 11 is 0. The molecule has 7 nitrogen and oxygen atoms in total. The average molecular weight is 415 g/mol. The first-order valence-electron chi connectivity index (χ1n) is 9.81. The van der Waals surface area contributed by atoms with E-state index in [1.807, 2.05) is 65.4 Å². The van der Waals surface area contributed by atoms with Crippen molar-refractivity contribution in [3.63, 3.8) is 0 Å². The molecule has 1 N–H and O–H groups in total. The number of nitrogens with one attached hydrogen (secondary N) is 1. The molecule has 1 amide bonds. The molecule has 0 aliphatic carbocycles. The summed E-state index contributed by atoms with van der Waals surface area (Å²) in [4.78, 5) is 23.1. The normalized spacial score (nSPS) is 10.7. The highest BCUT2D eigenvalue weighted by molar-refractivity contribution is 5.94. The molecule has 0 aliphatic rings. The van der Waals surface area contributed by atoms with Crippen LogP contribution >= 0.6 is 0 Å². The van der Waals surface area contributed by atoms with E-state index in [2.05, 4.69) is 5.32 Å². The van der Waals surface area contributed by atoms with Crippen molar-refractivity contribution in [2.45, 2.75) is 20.1 Å². The molecule has 0 bridgehead atoms. The molecule has 156 valence electrons. The number of anilines is 1. The fourth-order valence-electron chi connectivity index (χ4n) is 3.40. The predicted molar refractivity (Wildman–Crippen MR) is 119 cm³/mol. The maximum absolute atomic E-state index is 12.6. The van der Waals surface area contributed by atoms with E-state index in [0.29, 0.717) is 12.3 Å². The molecule has 4 aromatic rings. The highest BCUT2D eigenvalue weighted by Gasteiger charge is 2.13. The van der Waals surface area contributed by atoms with E-state index in [0.717, 1.165) is 27.8 Å². The Morgan fingerprint density at radius 2 is 1.87 bits per heavy atom. The zero-order valence-electron chi connectivity index (χ0n) is 16.9. The number of nitro groups is 1. The van der Waals surface area contributed by atoms with Gasteiger partial charge in [-0.2, -0.15) is 0 Å². The molecule has 0 aliphatic heterocycles. The van der Waals surface area contributed by atoms with Gasteiger partial charge in [0.2, 0.25) is 5.91 Å². The number of ether oxygens (including phenoxy) is 1. The Bertz CT molecular complexity index is 1250. The van der Waals surface area contributed by atoms with Crippen LogP contribution in [0.4, 0.5) is 11.4 Å². The lowest BCUT2D eigenvalue weighted by atomic mass is 10.2. The number of hydrogen-bond donors (Lipinski definition) is 1. The van der Waals surface area contributed by atoms with Gasteiger partial charge in [0.25, 0.3) is 5.69 Å². The van der Waals surface area contributed by atoms with Crippen molar-refractivity contribution >= 4 is 28.2 Å². The van der Waals surface area contributed by atoms with Crippen molar-refractivity contribution in [1.82, 2.24) is 4.57 Å². The molecule has 0 saturated heterocycles. The fraction of sp³-hybridized carbons (Fsp3) is 0.125. The van der Waals surface area contributed by atoms with Gasteiger partial charge < -0.3 is 14.6 Å². The minimum absolute atomic E-state index is 0.0625. The van der Waals surface area contributed by atoms with E-state index in [9.17, 15) is 14.9 Å². The second-order valence-electron chi connectivity index (χ2n) is 7.21. The Morgan fingerprint density at radius 1 is 1.06 bits per heavy atom. The van der Waals surface area contributed by atoms with Crippen LogP contribution in [0.25, 0.3) is 10.9 Å². The maximum atomic E-state index is 12.6. The molecule has 0 atom stereocenters. The third-order valence-corrected chi connectivity index (χ3v) is 5.03. The van der Waals surface area contributed by atoms with Crippen molar-refractivity contribution < 1.29 is 14.5 Å². The van der Waals surface area contributed by atoms with Gasteiger partial charge in [0.15, 0.2) is 0 Å². The topological polar surface area (TPSA) is 86.4 Å². The Balaban J connectivity index is 1.50. The molecule has 3 aromatic carbocycles. The van der Waals surface area contributed by atoms with Gasteiger partial charge in [0, 0.05) is 23.7 Å². The van der Waals surface area contributed by atoms with Gasteiger partial charge in [-0.05, 0) is 36.2 Å². The minimum atomic E-state index is -0.481. The van der Waals surface area contributed by atoms with Crippen molar-refractivity contribution in [2.24, 2.45) is 0 Å². The van der Waals surface area contributed by atoms with Crippen LogP contribution in [0.15, 0.2) is 79.0 Å². The van der Waals surface area contributed by atoms with Crippen LogP contribution in [0.3, 0.4) is 0 Å². The van der Waals surface area contributed by atoms with Gasteiger partial charge in [-0.15, -0.1) is 0 Å². The molecule has 7 heteroatoms. The summed E-state index contributed by atoms with van der Waals surface area (Å²) in [6.07, 6.45) is 1.83. The van der Waals surface area contributed by atoms with Crippen molar-refractivity contribution in [1.29, 1.82) is 0 Å². The summed E-state index contributed by atoms with van der Waals surface area (Å²) in [5, 5.41) is 14.7. The van der Waals surface area contributed by atoms with Crippen LogP contribution in [0.2, 0.25) is 0 Å². The summed E-state index contributed by atoms with van der Waals surface area (Å²) in [6, 6.07) is 22.0. The van der Waals surface area contributed by atoms with Crippen LogP contribution in [0.1, 0.15) is 11.1 Å². The molecule has 31 heavy (non-hydrogen) atoms. The molecule has 0 spiro atoms. The number of hydrogen-bond acceptors (Lipinski definition) is 4. The number of aryl methyl sites for hydroxylation is 1. The van der Waals surface area contributed by atoms with Gasteiger partial charge >= 0.3 is 0 Å². The first-order chi connectivity index (χ1) is 15.0. The monoisotopic (exact) mass is 415 g/mol. The first-order valence-corrected chi connectivity index (χ1v) is 9.81. The first kappa shape index (κ1) is 20.2. The number of fused-ring (bicyclic) bond motifs is 1. The number of nitro benzene ring substituents is 1. The van der Waals surface area contributed by atoms with Crippen molar-refractivity contribution in [2.75, 3.05) is 5.32 Å². The summed E-state index contributed by atoms with van der Waals surface area (Å²) in [5.74, 6) is 0.478. The Morgan fingerprint density at radius 3 is 2.65 bits per heavy atom. The molecular formula is C24H21N3O4. The SMILES string of the molecule is Cc1ccc([N+](=O)[O-])cc1NC(=O)Cn1ccc2c(OCc3ccccc3)cccc21. The third-order valence-electron chi connectivity index (χ3n) is 5.03. The van der Waals surface area contributed by atoms with Gasteiger partial charge in [0.05, 0.1) is 16.1 Å². The fourth-order valence-corrected chi connectivity index (χ4v) is 3.40. The lowest BCUT2D eigenvalue weighted by Gasteiger charge is -2.11.